The normalized spacial score (nSPS) is 18.6. The lowest BCUT2D eigenvalue weighted by Crippen LogP contribution is -2.39. The first kappa shape index (κ1) is 15.6. The Bertz CT molecular complexity index is 672. The molecule has 2 atom stereocenters. The van der Waals surface area contributed by atoms with Crippen molar-refractivity contribution in [1.29, 1.82) is 0 Å². The van der Waals surface area contributed by atoms with Crippen LogP contribution in [0.4, 0.5) is 4.39 Å². The topological polar surface area (TPSA) is 42.4 Å². The molecule has 1 aliphatic rings. The number of pyridine rings is 1. The standard InChI is InChI=1S/C18H19FN2O2/c1-21(18(22)16-9-5-11-23-16)17(15-8-2-3-10-20-15)13-6-4-7-14(19)12-13/h2-4,6-8,10,12,16-17H,5,9,11H2,1H3/t16-,17-/m1/s1. The molecule has 0 radical (unpaired) electrons. The van der Waals surface area contributed by atoms with Crippen molar-refractivity contribution in [3.8, 4) is 0 Å². The van der Waals surface area contributed by atoms with Gasteiger partial charge in [0.15, 0.2) is 0 Å². The summed E-state index contributed by atoms with van der Waals surface area (Å²) in [6, 6.07) is 11.4. The number of ether oxygens (including phenoxy) is 1. The van der Waals surface area contributed by atoms with Crippen LogP contribution in [0.5, 0.6) is 0 Å². The molecule has 3 rings (SSSR count). The van der Waals surface area contributed by atoms with Gasteiger partial charge in [-0.2, -0.15) is 0 Å². The molecule has 23 heavy (non-hydrogen) atoms. The Kier molecular flexibility index (Phi) is 4.67. The van der Waals surface area contributed by atoms with E-state index in [1.807, 2.05) is 24.3 Å². The average molecular weight is 314 g/mol. The SMILES string of the molecule is CN(C(=O)[C@H]1CCCO1)[C@H](c1cccc(F)c1)c1ccccn1. The van der Waals surface area contributed by atoms with Crippen LogP contribution < -0.4 is 0 Å². The van der Waals surface area contributed by atoms with Gasteiger partial charge < -0.3 is 9.64 Å². The average Bonchev–Trinajstić information content (AvgIpc) is 3.10. The fourth-order valence-corrected chi connectivity index (χ4v) is 2.93. The second-order valence-electron chi connectivity index (χ2n) is 5.66. The maximum absolute atomic E-state index is 13.7. The molecular weight excluding hydrogens is 295 g/mol. The van der Waals surface area contributed by atoms with Crippen LogP contribution >= 0.6 is 0 Å². The number of benzene rings is 1. The van der Waals surface area contributed by atoms with Crippen molar-refractivity contribution in [1.82, 2.24) is 9.88 Å². The molecular formula is C18H19FN2O2. The zero-order valence-corrected chi connectivity index (χ0v) is 13.0. The maximum atomic E-state index is 13.7. The highest BCUT2D eigenvalue weighted by atomic mass is 19.1. The molecule has 0 spiro atoms. The second-order valence-corrected chi connectivity index (χ2v) is 5.66. The molecule has 1 fully saturated rings. The Morgan fingerprint density at radius 3 is 2.87 bits per heavy atom. The van der Waals surface area contributed by atoms with Crippen molar-refractivity contribution in [2.45, 2.75) is 25.0 Å². The highest BCUT2D eigenvalue weighted by Gasteiger charge is 2.32. The first-order chi connectivity index (χ1) is 11.2. The molecule has 1 aliphatic heterocycles. The third kappa shape index (κ3) is 3.40. The lowest BCUT2D eigenvalue weighted by atomic mass is 10.0. The van der Waals surface area contributed by atoms with Crippen LogP contribution in [0, 0.1) is 5.82 Å². The summed E-state index contributed by atoms with van der Waals surface area (Å²) < 4.78 is 19.2. The third-order valence-corrected chi connectivity index (χ3v) is 4.07. The molecule has 0 bridgehead atoms. The van der Waals surface area contributed by atoms with Gasteiger partial charge in [0.05, 0.1) is 11.7 Å². The predicted octanol–water partition coefficient (Wildman–Crippen LogP) is 2.95. The van der Waals surface area contributed by atoms with Crippen LogP contribution in [-0.2, 0) is 9.53 Å². The van der Waals surface area contributed by atoms with Gasteiger partial charge in [0.2, 0.25) is 0 Å². The third-order valence-electron chi connectivity index (χ3n) is 4.07. The van der Waals surface area contributed by atoms with Gasteiger partial charge in [-0.3, -0.25) is 9.78 Å². The minimum Gasteiger partial charge on any atom is -0.368 e. The van der Waals surface area contributed by atoms with Gasteiger partial charge in [-0.05, 0) is 42.7 Å². The Labute approximate surface area is 134 Å². The van der Waals surface area contributed by atoms with E-state index in [-0.39, 0.29) is 11.7 Å². The molecule has 2 aromatic rings. The number of hydrogen-bond acceptors (Lipinski definition) is 3. The van der Waals surface area contributed by atoms with E-state index in [0.29, 0.717) is 17.9 Å². The van der Waals surface area contributed by atoms with E-state index < -0.39 is 12.1 Å². The summed E-state index contributed by atoms with van der Waals surface area (Å²) in [5, 5.41) is 0. The van der Waals surface area contributed by atoms with E-state index in [1.54, 1.807) is 24.2 Å². The van der Waals surface area contributed by atoms with Crippen LogP contribution in [0.1, 0.15) is 30.1 Å². The Balaban J connectivity index is 1.96. The summed E-state index contributed by atoms with van der Waals surface area (Å²) in [5.74, 6) is -0.427. The second kappa shape index (κ2) is 6.87. The van der Waals surface area contributed by atoms with Gasteiger partial charge in [-0.15, -0.1) is 0 Å². The number of hydrogen-bond donors (Lipinski definition) is 0. The Morgan fingerprint density at radius 2 is 2.22 bits per heavy atom. The number of carbonyl (C=O) groups is 1. The van der Waals surface area contributed by atoms with Crippen LogP contribution in [-0.4, -0.2) is 35.5 Å². The van der Waals surface area contributed by atoms with Crippen molar-refractivity contribution in [3.63, 3.8) is 0 Å². The van der Waals surface area contributed by atoms with Gasteiger partial charge in [0.1, 0.15) is 11.9 Å². The minimum atomic E-state index is -0.441. The Morgan fingerprint density at radius 1 is 1.35 bits per heavy atom. The smallest absolute Gasteiger partial charge is 0.252 e. The highest BCUT2D eigenvalue weighted by Crippen LogP contribution is 2.28. The first-order valence-electron chi connectivity index (χ1n) is 7.71. The quantitative estimate of drug-likeness (QED) is 0.871. The zero-order valence-electron chi connectivity index (χ0n) is 13.0. The molecule has 0 saturated carbocycles. The van der Waals surface area contributed by atoms with Crippen molar-refractivity contribution in [3.05, 3.63) is 65.7 Å². The van der Waals surface area contributed by atoms with Gasteiger partial charge in [-0.1, -0.05) is 18.2 Å². The van der Waals surface area contributed by atoms with Crippen LogP contribution in [0.15, 0.2) is 48.7 Å². The lowest BCUT2D eigenvalue weighted by molar-refractivity contribution is -0.141. The summed E-state index contributed by atoms with van der Waals surface area (Å²) in [6.07, 6.45) is 2.87. The number of rotatable bonds is 4. The number of likely N-dealkylation sites (N-methyl/N-ethyl adjacent to an activating group) is 1. The molecule has 0 unspecified atom stereocenters. The van der Waals surface area contributed by atoms with E-state index in [0.717, 1.165) is 12.8 Å². The summed E-state index contributed by atoms with van der Waals surface area (Å²) in [4.78, 5) is 18.7. The number of halogens is 1. The summed E-state index contributed by atoms with van der Waals surface area (Å²) in [5.41, 5.74) is 1.39. The van der Waals surface area contributed by atoms with Crippen LogP contribution in [0.2, 0.25) is 0 Å². The predicted molar refractivity (Wildman–Crippen MR) is 84.2 cm³/mol. The van der Waals surface area contributed by atoms with Crippen LogP contribution in [0.25, 0.3) is 0 Å². The number of nitrogens with zero attached hydrogens (tertiary/aromatic N) is 2. The molecule has 2 heterocycles. The van der Waals surface area contributed by atoms with E-state index in [2.05, 4.69) is 4.98 Å². The fourth-order valence-electron chi connectivity index (χ4n) is 2.93. The van der Waals surface area contributed by atoms with E-state index in [9.17, 15) is 9.18 Å². The highest BCUT2D eigenvalue weighted by molar-refractivity contribution is 5.81. The molecule has 120 valence electrons. The van der Waals surface area contributed by atoms with Crippen molar-refractivity contribution >= 4 is 5.91 Å². The lowest BCUT2D eigenvalue weighted by Gasteiger charge is -2.30. The molecule has 1 saturated heterocycles. The van der Waals surface area contributed by atoms with Crippen molar-refractivity contribution < 1.29 is 13.9 Å². The summed E-state index contributed by atoms with van der Waals surface area (Å²) >= 11 is 0. The molecule has 1 aromatic carbocycles. The van der Waals surface area contributed by atoms with Crippen LogP contribution in [0.3, 0.4) is 0 Å². The monoisotopic (exact) mass is 314 g/mol. The maximum Gasteiger partial charge on any atom is 0.252 e. The molecule has 1 amide bonds. The molecule has 0 aliphatic carbocycles. The summed E-state index contributed by atoms with van der Waals surface area (Å²) in [7, 11) is 1.72. The van der Waals surface area contributed by atoms with E-state index in [1.165, 1.54) is 12.1 Å². The molecule has 1 aromatic heterocycles. The minimum absolute atomic E-state index is 0.0950. The van der Waals surface area contributed by atoms with Gasteiger partial charge in [-0.25, -0.2) is 4.39 Å². The largest absolute Gasteiger partial charge is 0.368 e. The van der Waals surface area contributed by atoms with E-state index in [4.69, 9.17) is 4.74 Å². The van der Waals surface area contributed by atoms with Gasteiger partial charge in [0.25, 0.3) is 5.91 Å². The molecule has 5 heteroatoms. The number of carbonyl (C=O) groups excluding carboxylic acids is 1. The first-order valence-corrected chi connectivity index (χ1v) is 7.71. The summed E-state index contributed by atoms with van der Waals surface area (Å²) in [6.45, 7) is 0.610. The zero-order chi connectivity index (χ0) is 16.2. The van der Waals surface area contributed by atoms with Crippen molar-refractivity contribution in [2.24, 2.45) is 0 Å². The molecule has 4 nitrogen and oxygen atoms in total. The number of aromatic nitrogens is 1. The van der Waals surface area contributed by atoms with Gasteiger partial charge >= 0.3 is 0 Å². The molecule has 0 N–H and O–H groups in total. The Hall–Kier alpha value is -2.27. The van der Waals surface area contributed by atoms with E-state index >= 15 is 0 Å². The fraction of sp³-hybridized carbons (Fsp3) is 0.333. The van der Waals surface area contributed by atoms with Crippen molar-refractivity contribution in [2.75, 3.05) is 13.7 Å². The van der Waals surface area contributed by atoms with Gasteiger partial charge in [0, 0.05) is 19.9 Å². The number of amides is 1.